The van der Waals surface area contributed by atoms with Crippen molar-refractivity contribution in [2.45, 2.75) is 0 Å². The van der Waals surface area contributed by atoms with Gasteiger partial charge in [-0.05, 0) is 30.3 Å². The maximum atomic E-state index is 13.3. The summed E-state index contributed by atoms with van der Waals surface area (Å²) in [6.07, 6.45) is 1.33. The predicted octanol–water partition coefficient (Wildman–Crippen LogP) is 4.90. The van der Waals surface area contributed by atoms with E-state index in [9.17, 15) is 8.78 Å². The first-order chi connectivity index (χ1) is 12.0. The van der Waals surface area contributed by atoms with Gasteiger partial charge in [-0.15, -0.1) is 0 Å². The molecular weight excluding hydrogens is 350 g/mol. The number of nitrogens with one attached hydrogen (secondary N) is 2. The highest BCUT2D eigenvalue weighted by molar-refractivity contribution is 6.31. The van der Waals surface area contributed by atoms with Crippen LogP contribution < -0.4 is 15.4 Å². The van der Waals surface area contributed by atoms with Crippen LogP contribution in [-0.2, 0) is 0 Å². The van der Waals surface area contributed by atoms with E-state index in [1.54, 1.807) is 31.4 Å². The van der Waals surface area contributed by atoms with Gasteiger partial charge in [0.25, 0.3) is 0 Å². The first kappa shape index (κ1) is 16.9. The van der Waals surface area contributed by atoms with Crippen LogP contribution in [0.2, 0.25) is 5.02 Å². The highest BCUT2D eigenvalue weighted by atomic mass is 35.5. The number of ether oxygens (including phenoxy) is 1. The van der Waals surface area contributed by atoms with Crippen molar-refractivity contribution < 1.29 is 13.5 Å². The van der Waals surface area contributed by atoms with E-state index < -0.39 is 11.6 Å². The summed E-state index contributed by atoms with van der Waals surface area (Å²) in [5.74, 6) is -0.381. The van der Waals surface area contributed by atoms with Gasteiger partial charge in [0.2, 0.25) is 0 Å². The van der Waals surface area contributed by atoms with Crippen molar-refractivity contribution in [2.24, 2.45) is 0 Å². The topological polar surface area (TPSA) is 59.1 Å². The van der Waals surface area contributed by atoms with E-state index in [0.717, 1.165) is 12.1 Å². The van der Waals surface area contributed by atoms with Crippen LogP contribution in [0.15, 0.2) is 48.8 Å². The second-order valence-corrected chi connectivity index (χ2v) is 5.45. The molecule has 0 fully saturated rings. The van der Waals surface area contributed by atoms with Gasteiger partial charge in [-0.25, -0.2) is 18.7 Å². The summed E-state index contributed by atoms with van der Waals surface area (Å²) >= 11 is 6.00. The van der Waals surface area contributed by atoms with Gasteiger partial charge in [0.1, 0.15) is 23.7 Å². The van der Waals surface area contributed by atoms with Crippen LogP contribution in [0.5, 0.6) is 5.75 Å². The summed E-state index contributed by atoms with van der Waals surface area (Å²) < 4.78 is 31.5. The number of rotatable bonds is 5. The highest BCUT2D eigenvalue weighted by Crippen LogP contribution is 2.30. The molecule has 0 spiro atoms. The van der Waals surface area contributed by atoms with Gasteiger partial charge in [-0.1, -0.05) is 11.6 Å². The number of aromatic nitrogens is 2. The molecule has 3 aromatic rings. The minimum absolute atomic E-state index is 0.365. The molecule has 1 aromatic heterocycles. The molecule has 2 N–H and O–H groups in total. The lowest BCUT2D eigenvalue weighted by Crippen LogP contribution is -2.00. The number of anilines is 4. The quantitative estimate of drug-likeness (QED) is 0.675. The third-order valence-corrected chi connectivity index (χ3v) is 3.52. The van der Waals surface area contributed by atoms with Gasteiger partial charge in [0.15, 0.2) is 11.6 Å². The molecule has 0 bridgehead atoms. The van der Waals surface area contributed by atoms with E-state index in [1.807, 2.05) is 0 Å². The van der Waals surface area contributed by atoms with E-state index in [4.69, 9.17) is 16.3 Å². The van der Waals surface area contributed by atoms with Crippen LogP contribution in [0.3, 0.4) is 0 Å². The first-order valence-corrected chi connectivity index (χ1v) is 7.57. The molecule has 0 aliphatic carbocycles. The van der Waals surface area contributed by atoms with Gasteiger partial charge >= 0.3 is 0 Å². The molecule has 25 heavy (non-hydrogen) atoms. The number of nitrogens with zero attached hydrogens (tertiary/aromatic N) is 2. The summed E-state index contributed by atoms with van der Waals surface area (Å²) in [7, 11) is 1.55. The van der Waals surface area contributed by atoms with Gasteiger partial charge in [-0.3, -0.25) is 0 Å². The summed E-state index contributed by atoms with van der Waals surface area (Å²) in [5, 5.41) is 6.50. The lowest BCUT2D eigenvalue weighted by molar-refractivity contribution is 0.417. The van der Waals surface area contributed by atoms with Gasteiger partial charge < -0.3 is 15.4 Å². The predicted molar refractivity (Wildman–Crippen MR) is 93.0 cm³/mol. The number of benzene rings is 2. The van der Waals surface area contributed by atoms with Crippen LogP contribution in [0.1, 0.15) is 0 Å². The summed E-state index contributed by atoms with van der Waals surface area (Å²) in [6, 6.07) is 10.2. The number of halogens is 3. The second-order valence-electron chi connectivity index (χ2n) is 5.01. The van der Waals surface area contributed by atoms with Crippen molar-refractivity contribution in [1.82, 2.24) is 9.97 Å². The van der Waals surface area contributed by atoms with Crippen molar-refractivity contribution in [3.63, 3.8) is 0 Å². The molecule has 1 heterocycles. The Morgan fingerprint density at radius 1 is 0.920 bits per heavy atom. The van der Waals surface area contributed by atoms with Gasteiger partial charge in [-0.2, -0.15) is 0 Å². The zero-order chi connectivity index (χ0) is 17.8. The fourth-order valence-corrected chi connectivity index (χ4v) is 2.30. The Morgan fingerprint density at radius 2 is 1.68 bits per heavy atom. The minimum Gasteiger partial charge on any atom is -0.495 e. The fraction of sp³-hybridized carbons (Fsp3) is 0.0588. The number of methoxy groups -OCH3 is 1. The standard InChI is InChI=1S/C17H13ClF2N4O/c1-25-15-5-2-10(18)6-14(15)24-17-8-16(21-9-22-17)23-11-3-4-12(19)13(20)7-11/h2-9H,1H3,(H2,21,22,23,24). The molecule has 5 nitrogen and oxygen atoms in total. The Hall–Kier alpha value is -2.93. The molecule has 0 aliphatic heterocycles. The van der Waals surface area contributed by atoms with Crippen molar-refractivity contribution in [1.29, 1.82) is 0 Å². The van der Waals surface area contributed by atoms with E-state index >= 15 is 0 Å². The molecule has 8 heteroatoms. The largest absolute Gasteiger partial charge is 0.495 e. The molecule has 0 unspecified atom stereocenters. The summed E-state index contributed by atoms with van der Waals surface area (Å²) in [4.78, 5) is 8.17. The second kappa shape index (κ2) is 7.31. The summed E-state index contributed by atoms with van der Waals surface area (Å²) in [6.45, 7) is 0. The molecule has 0 saturated heterocycles. The minimum atomic E-state index is -0.943. The van der Waals surface area contributed by atoms with E-state index in [2.05, 4.69) is 20.6 Å². The Bertz CT molecular complexity index is 908. The normalized spacial score (nSPS) is 10.4. The Balaban J connectivity index is 1.82. The molecule has 128 valence electrons. The average Bonchev–Trinajstić information content (AvgIpc) is 2.59. The van der Waals surface area contributed by atoms with Crippen LogP contribution in [0, 0.1) is 11.6 Å². The SMILES string of the molecule is COc1ccc(Cl)cc1Nc1cc(Nc2ccc(F)c(F)c2)ncn1. The average molecular weight is 363 g/mol. The third kappa shape index (κ3) is 4.13. The first-order valence-electron chi connectivity index (χ1n) is 7.20. The van der Waals surface area contributed by atoms with E-state index in [0.29, 0.717) is 33.8 Å². The number of hydrogen-bond donors (Lipinski definition) is 2. The van der Waals surface area contributed by atoms with Crippen LogP contribution >= 0.6 is 11.6 Å². The smallest absolute Gasteiger partial charge is 0.160 e. The molecule has 2 aromatic carbocycles. The van der Waals surface area contributed by atoms with Gasteiger partial charge in [0.05, 0.1) is 12.8 Å². The summed E-state index contributed by atoms with van der Waals surface area (Å²) in [5.41, 5.74) is 0.997. The maximum Gasteiger partial charge on any atom is 0.160 e. The van der Waals surface area contributed by atoms with Crippen molar-refractivity contribution in [2.75, 3.05) is 17.7 Å². The molecular formula is C17H13ClF2N4O. The Morgan fingerprint density at radius 3 is 2.40 bits per heavy atom. The molecule has 0 amide bonds. The molecule has 0 radical (unpaired) electrons. The van der Waals surface area contributed by atoms with E-state index in [-0.39, 0.29) is 0 Å². The maximum absolute atomic E-state index is 13.3. The van der Waals surface area contributed by atoms with Crippen LogP contribution in [0.25, 0.3) is 0 Å². The van der Waals surface area contributed by atoms with Crippen molar-refractivity contribution >= 4 is 34.6 Å². The fourth-order valence-electron chi connectivity index (χ4n) is 2.13. The van der Waals surface area contributed by atoms with Crippen molar-refractivity contribution in [3.8, 4) is 5.75 Å². The zero-order valence-corrected chi connectivity index (χ0v) is 13.8. The lowest BCUT2D eigenvalue weighted by Gasteiger charge is -2.12. The van der Waals surface area contributed by atoms with Crippen molar-refractivity contribution in [3.05, 3.63) is 65.4 Å². The molecule has 0 aliphatic rings. The van der Waals surface area contributed by atoms with Crippen LogP contribution in [-0.4, -0.2) is 17.1 Å². The number of hydrogen-bond acceptors (Lipinski definition) is 5. The Kier molecular flexibility index (Phi) is 4.95. The van der Waals surface area contributed by atoms with E-state index in [1.165, 1.54) is 12.4 Å². The third-order valence-electron chi connectivity index (χ3n) is 3.28. The molecule has 3 rings (SSSR count). The molecule has 0 saturated carbocycles. The zero-order valence-electron chi connectivity index (χ0n) is 13.1. The monoisotopic (exact) mass is 362 g/mol. The lowest BCUT2D eigenvalue weighted by atomic mass is 10.3. The molecule has 0 atom stereocenters. The van der Waals surface area contributed by atoms with Gasteiger partial charge in [0, 0.05) is 22.8 Å². The highest BCUT2D eigenvalue weighted by Gasteiger charge is 2.07. The van der Waals surface area contributed by atoms with Crippen LogP contribution in [0.4, 0.5) is 31.8 Å². The Labute approximate surface area is 147 Å².